The van der Waals surface area contributed by atoms with Gasteiger partial charge in [0.2, 0.25) is 5.91 Å². The van der Waals surface area contributed by atoms with Crippen LogP contribution in [0.15, 0.2) is 48.5 Å². The van der Waals surface area contributed by atoms with Crippen LogP contribution < -0.4 is 5.32 Å². The summed E-state index contributed by atoms with van der Waals surface area (Å²) < 4.78 is 0. The van der Waals surface area contributed by atoms with Crippen LogP contribution in [0.5, 0.6) is 0 Å². The maximum absolute atomic E-state index is 12.4. The molecule has 1 aliphatic rings. The second kappa shape index (κ2) is 9.56. The molecule has 0 spiro atoms. The Morgan fingerprint density at radius 3 is 2.19 bits per heavy atom. The average Bonchev–Trinajstić information content (AvgIpc) is 2.67. The van der Waals surface area contributed by atoms with Gasteiger partial charge in [0, 0.05) is 48.3 Å². The molecule has 2 aromatic rings. The van der Waals surface area contributed by atoms with Crippen molar-refractivity contribution >= 4 is 29.1 Å². The monoisotopic (exact) mass is 405 g/mol. The Bertz CT molecular complexity index is 741. The van der Waals surface area contributed by atoms with Crippen LogP contribution in [0.4, 0.5) is 0 Å². The second-order valence-electron chi connectivity index (χ2n) is 6.95. The minimum Gasteiger partial charge on any atom is -0.348 e. The van der Waals surface area contributed by atoms with Gasteiger partial charge in [-0.15, -0.1) is 0 Å². The Morgan fingerprint density at radius 2 is 1.56 bits per heavy atom. The third-order valence-corrected chi connectivity index (χ3v) is 5.66. The van der Waals surface area contributed by atoms with Gasteiger partial charge in [0.1, 0.15) is 0 Å². The van der Waals surface area contributed by atoms with Crippen LogP contribution in [-0.4, -0.2) is 48.4 Å². The molecule has 0 saturated carbocycles. The number of carbonyl (C=O) groups is 1. The number of hydrogen-bond acceptors (Lipinski definition) is 3. The summed E-state index contributed by atoms with van der Waals surface area (Å²) in [7, 11) is 0. The van der Waals surface area contributed by atoms with Gasteiger partial charge in [-0.2, -0.15) is 0 Å². The van der Waals surface area contributed by atoms with Crippen LogP contribution in [0.3, 0.4) is 0 Å². The first-order valence-electron chi connectivity index (χ1n) is 9.25. The van der Waals surface area contributed by atoms with Gasteiger partial charge in [-0.25, -0.2) is 0 Å². The van der Waals surface area contributed by atoms with Crippen LogP contribution in [0.1, 0.15) is 24.1 Å². The lowest BCUT2D eigenvalue weighted by atomic mass is 10.1. The number of nitrogens with one attached hydrogen (secondary N) is 1. The smallest absolute Gasteiger partial charge is 0.234 e. The quantitative estimate of drug-likeness (QED) is 0.788. The van der Waals surface area contributed by atoms with E-state index in [9.17, 15) is 4.79 Å². The van der Waals surface area contributed by atoms with Gasteiger partial charge in [-0.3, -0.25) is 14.6 Å². The van der Waals surface area contributed by atoms with Crippen molar-refractivity contribution < 1.29 is 4.79 Å². The minimum absolute atomic E-state index is 0.0161. The fraction of sp³-hybridized carbons (Fsp3) is 0.381. The zero-order valence-corrected chi connectivity index (χ0v) is 17.0. The summed E-state index contributed by atoms with van der Waals surface area (Å²) in [4.78, 5) is 16.9. The number of amides is 1. The van der Waals surface area contributed by atoms with Crippen LogP contribution in [-0.2, 0) is 11.3 Å². The fourth-order valence-electron chi connectivity index (χ4n) is 3.33. The predicted octanol–water partition coefficient (Wildman–Crippen LogP) is 3.99. The zero-order valence-electron chi connectivity index (χ0n) is 15.5. The van der Waals surface area contributed by atoms with E-state index in [2.05, 4.69) is 15.1 Å². The summed E-state index contributed by atoms with van der Waals surface area (Å²) in [5, 5.41) is 4.50. The van der Waals surface area contributed by atoms with E-state index in [1.165, 1.54) is 0 Å². The van der Waals surface area contributed by atoms with Gasteiger partial charge in [-0.1, -0.05) is 59.6 Å². The standard InChI is InChI=1S/C21H25Cl2N3O/c1-16(17-6-3-2-4-7-17)24-21(27)15-26-12-10-25(11-13-26)14-18-19(22)8-5-9-20(18)23/h2-9,16H,10-15H2,1H3,(H,24,27). The van der Waals surface area contributed by atoms with Crippen molar-refractivity contribution in [2.45, 2.75) is 19.5 Å². The molecule has 1 heterocycles. The molecule has 1 unspecified atom stereocenters. The third-order valence-electron chi connectivity index (χ3n) is 4.95. The van der Waals surface area contributed by atoms with Gasteiger partial charge >= 0.3 is 0 Å². The molecular formula is C21H25Cl2N3O. The Kier molecular flexibility index (Phi) is 7.13. The molecule has 6 heteroatoms. The molecule has 1 aliphatic heterocycles. The molecule has 1 fully saturated rings. The maximum Gasteiger partial charge on any atom is 0.234 e. The van der Waals surface area contributed by atoms with Crippen molar-refractivity contribution in [2.75, 3.05) is 32.7 Å². The summed E-state index contributed by atoms with van der Waals surface area (Å²) >= 11 is 12.5. The van der Waals surface area contributed by atoms with E-state index in [-0.39, 0.29) is 11.9 Å². The second-order valence-corrected chi connectivity index (χ2v) is 7.77. The molecule has 0 aromatic heterocycles. The molecule has 3 rings (SSSR count). The van der Waals surface area contributed by atoms with Crippen LogP contribution in [0.2, 0.25) is 10.0 Å². The molecular weight excluding hydrogens is 381 g/mol. The topological polar surface area (TPSA) is 35.6 Å². The molecule has 1 atom stereocenters. The number of benzene rings is 2. The van der Waals surface area contributed by atoms with Gasteiger partial charge < -0.3 is 5.32 Å². The molecule has 1 N–H and O–H groups in total. The third kappa shape index (κ3) is 5.69. The number of halogens is 2. The first-order chi connectivity index (χ1) is 13.0. The molecule has 1 saturated heterocycles. The molecule has 27 heavy (non-hydrogen) atoms. The highest BCUT2D eigenvalue weighted by molar-refractivity contribution is 6.35. The van der Waals surface area contributed by atoms with E-state index in [1.54, 1.807) is 0 Å². The van der Waals surface area contributed by atoms with Crippen molar-refractivity contribution in [1.29, 1.82) is 0 Å². The Balaban J connectivity index is 1.45. The lowest BCUT2D eigenvalue weighted by molar-refractivity contribution is -0.123. The lowest BCUT2D eigenvalue weighted by Gasteiger charge is -2.34. The number of carbonyl (C=O) groups excluding carboxylic acids is 1. The Hall–Kier alpha value is -1.59. The molecule has 144 valence electrons. The van der Waals surface area contributed by atoms with E-state index < -0.39 is 0 Å². The highest BCUT2D eigenvalue weighted by Crippen LogP contribution is 2.26. The minimum atomic E-state index is 0.0161. The zero-order chi connectivity index (χ0) is 19.2. The Labute approximate surface area is 171 Å². The normalized spacial score (nSPS) is 16.9. The first kappa shape index (κ1) is 20.2. The highest BCUT2D eigenvalue weighted by atomic mass is 35.5. The van der Waals surface area contributed by atoms with Gasteiger partial charge in [0.15, 0.2) is 0 Å². The lowest BCUT2D eigenvalue weighted by Crippen LogP contribution is -2.49. The summed E-state index contributed by atoms with van der Waals surface area (Å²) in [5.41, 5.74) is 2.09. The SMILES string of the molecule is CC(NC(=O)CN1CCN(Cc2c(Cl)cccc2Cl)CC1)c1ccccc1. The van der Waals surface area contributed by atoms with E-state index in [1.807, 2.05) is 55.5 Å². The summed E-state index contributed by atoms with van der Waals surface area (Å²) in [6.07, 6.45) is 0. The molecule has 2 aromatic carbocycles. The number of nitrogens with zero attached hydrogens (tertiary/aromatic N) is 2. The summed E-state index contributed by atoms with van der Waals surface area (Å²) in [6, 6.07) is 15.6. The average molecular weight is 406 g/mol. The molecule has 0 radical (unpaired) electrons. The van der Waals surface area contributed by atoms with Crippen molar-refractivity contribution in [2.24, 2.45) is 0 Å². The van der Waals surface area contributed by atoms with Crippen LogP contribution in [0, 0.1) is 0 Å². The van der Waals surface area contributed by atoms with Crippen molar-refractivity contribution in [3.63, 3.8) is 0 Å². The van der Waals surface area contributed by atoms with Gasteiger partial charge in [-0.05, 0) is 24.6 Å². The largest absolute Gasteiger partial charge is 0.348 e. The number of rotatable bonds is 6. The molecule has 0 bridgehead atoms. The molecule has 4 nitrogen and oxygen atoms in total. The van der Waals surface area contributed by atoms with Crippen molar-refractivity contribution in [3.8, 4) is 0 Å². The predicted molar refractivity (Wildman–Crippen MR) is 111 cm³/mol. The van der Waals surface area contributed by atoms with Crippen molar-refractivity contribution in [3.05, 3.63) is 69.7 Å². The molecule has 1 amide bonds. The van der Waals surface area contributed by atoms with Gasteiger partial charge in [0.25, 0.3) is 0 Å². The van der Waals surface area contributed by atoms with E-state index >= 15 is 0 Å². The van der Waals surface area contributed by atoms with Crippen LogP contribution >= 0.6 is 23.2 Å². The first-order valence-corrected chi connectivity index (χ1v) is 10.0. The Morgan fingerprint density at radius 1 is 0.963 bits per heavy atom. The number of hydrogen-bond donors (Lipinski definition) is 1. The van der Waals surface area contributed by atoms with E-state index in [4.69, 9.17) is 23.2 Å². The number of piperazine rings is 1. The molecule has 0 aliphatic carbocycles. The van der Waals surface area contributed by atoms with E-state index in [0.717, 1.165) is 43.9 Å². The van der Waals surface area contributed by atoms with Crippen molar-refractivity contribution in [1.82, 2.24) is 15.1 Å². The fourth-order valence-corrected chi connectivity index (χ4v) is 3.84. The highest BCUT2D eigenvalue weighted by Gasteiger charge is 2.21. The van der Waals surface area contributed by atoms with Crippen LogP contribution in [0.25, 0.3) is 0 Å². The maximum atomic E-state index is 12.4. The summed E-state index contributed by atoms with van der Waals surface area (Å²) in [5.74, 6) is 0.0638. The van der Waals surface area contributed by atoms with E-state index in [0.29, 0.717) is 16.6 Å². The van der Waals surface area contributed by atoms with Gasteiger partial charge in [0.05, 0.1) is 12.6 Å². The summed E-state index contributed by atoms with van der Waals surface area (Å²) in [6.45, 7) is 6.68.